The molecule has 5 heteroatoms. The summed E-state index contributed by atoms with van der Waals surface area (Å²) in [6, 6.07) is 6.06. The highest BCUT2D eigenvalue weighted by molar-refractivity contribution is 9.10. The number of hydrogen-bond donors (Lipinski definition) is 1. The molecule has 20 heavy (non-hydrogen) atoms. The summed E-state index contributed by atoms with van der Waals surface area (Å²) in [5.74, 6) is 1.57. The van der Waals surface area contributed by atoms with Gasteiger partial charge >= 0.3 is 0 Å². The molecule has 0 unspecified atom stereocenters. The first-order valence-corrected chi connectivity index (χ1v) is 7.88. The van der Waals surface area contributed by atoms with Crippen LogP contribution in [0.25, 0.3) is 0 Å². The van der Waals surface area contributed by atoms with Crippen LogP contribution in [0.1, 0.15) is 24.8 Å². The number of nitrogens with zero attached hydrogens (tertiary/aromatic N) is 2. The molecule has 2 rings (SSSR count). The number of nitrogens with two attached hydrogens (primary N) is 1. The van der Waals surface area contributed by atoms with E-state index >= 15 is 0 Å². The van der Waals surface area contributed by atoms with Crippen LogP contribution in [0, 0.1) is 0 Å². The molecule has 0 aliphatic carbocycles. The third-order valence-electron chi connectivity index (χ3n) is 3.59. The van der Waals surface area contributed by atoms with Crippen LogP contribution in [0.15, 0.2) is 27.7 Å². The van der Waals surface area contributed by atoms with Gasteiger partial charge in [0.2, 0.25) is 0 Å². The van der Waals surface area contributed by atoms with Crippen molar-refractivity contribution in [3.63, 3.8) is 0 Å². The third kappa shape index (κ3) is 3.88. The molecule has 110 valence electrons. The van der Waals surface area contributed by atoms with Gasteiger partial charge < -0.3 is 15.4 Å². The predicted molar refractivity (Wildman–Crippen MR) is 86.3 cm³/mol. The summed E-state index contributed by atoms with van der Waals surface area (Å²) in [6.45, 7) is 2.76. The van der Waals surface area contributed by atoms with Crippen molar-refractivity contribution in [2.24, 2.45) is 10.7 Å². The van der Waals surface area contributed by atoms with E-state index in [2.05, 4.69) is 31.9 Å². The maximum absolute atomic E-state index is 6.05. The lowest BCUT2D eigenvalue weighted by Crippen LogP contribution is -2.41. The second kappa shape index (κ2) is 7.53. The number of para-hydroxylation sites is 1. The van der Waals surface area contributed by atoms with Gasteiger partial charge in [0, 0.05) is 19.6 Å². The average Bonchev–Trinajstić information content (AvgIpc) is 2.48. The van der Waals surface area contributed by atoms with Crippen molar-refractivity contribution in [1.29, 1.82) is 0 Å². The van der Waals surface area contributed by atoms with E-state index in [0.29, 0.717) is 12.5 Å². The lowest BCUT2D eigenvalue weighted by atomic mass is 10.1. The normalized spacial score (nSPS) is 16.3. The zero-order chi connectivity index (χ0) is 14.4. The van der Waals surface area contributed by atoms with E-state index in [1.54, 1.807) is 7.11 Å². The Morgan fingerprint density at radius 1 is 1.35 bits per heavy atom. The summed E-state index contributed by atoms with van der Waals surface area (Å²) < 4.78 is 6.39. The second-order valence-corrected chi connectivity index (χ2v) is 5.82. The number of guanidine groups is 1. The highest BCUT2D eigenvalue weighted by atomic mass is 79.9. The van der Waals surface area contributed by atoms with Crippen LogP contribution < -0.4 is 10.5 Å². The number of ether oxygens (including phenoxy) is 1. The van der Waals surface area contributed by atoms with Crippen molar-refractivity contribution in [2.75, 3.05) is 26.7 Å². The molecular weight excluding hydrogens is 318 g/mol. The Morgan fingerprint density at radius 3 is 2.80 bits per heavy atom. The first kappa shape index (κ1) is 15.2. The first-order chi connectivity index (χ1) is 9.72. The number of halogens is 1. The molecule has 2 N–H and O–H groups in total. The molecule has 1 aromatic rings. The smallest absolute Gasteiger partial charge is 0.191 e. The first-order valence-electron chi connectivity index (χ1n) is 7.08. The molecule has 0 aromatic heterocycles. The van der Waals surface area contributed by atoms with Gasteiger partial charge in [-0.2, -0.15) is 0 Å². The number of aliphatic imine (C=N–C) groups is 1. The molecule has 1 heterocycles. The summed E-state index contributed by atoms with van der Waals surface area (Å²) in [5, 5.41) is 0. The molecular formula is C15H22BrN3O. The molecule has 1 saturated heterocycles. The fourth-order valence-electron chi connectivity index (χ4n) is 2.49. The van der Waals surface area contributed by atoms with Crippen LogP contribution in [0.4, 0.5) is 0 Å². The van der Waals surface area contributed by atoms with Crippen molar-refractivity contribution in [2.45, 2.75) is 25.7 Å². The van der Waals surface area contributed by atoms with Gasteiger partial charge in [-0.05, 0) is 53.2 Å². The molecule has 0 saturated carbocycles. The number of methoxy groups -OCH3 is 1. The van der Waals surface area contributed by atoms with Crippen LogP contribution in [0.2, 0.25) is 0 Å². The Hall–Kier alpha value is -1.23. The topological polar surface area (TPSA) is 50.9 Å². The standard InChI is InChI=1S/C15H22BrN3O/c1-20-14-12(6-5-7-13(14)16)8-9-18-15(17)19-10-3-2-4-11-19/h5-7H,2-4,8-11H2,1H3,(H2,17,18). The molecule has 1 fully saturated rings. The summed E-state index contributed by atoms with van der Waals surface area (Å²) in [6.07, 6.45) is 4.57. The number of piperidine rings is 1. The quantitative estimate of drug-likeness (QED) is 0.677. The van der Waals surface area contributed by atoms with Crippen LogP contribution in [0.3, 0.4) is 0 Å². The monoisotopic (exact) mass is 339 g/mol. The van der Waals surface area contributed by atoms with E-state index in [9.17, 15) is 0 Å². The zero-order valence-corrected chi connectivity index (χ0v) is 13.5. The van der Waals surface area contributed by atoms with Gasteiger partial charge in [0.1, 0.15) is 5.75 Å². The van der Waals surface area contributed by atoms with E-state index in [1.165, 1.54) is 19.3 Å². The van der Waals surface area contributed by atoms with Gasteiger partial charge in [0.05, 0.1) is 11.6 Å². The molecule has 1 aliphatic rings. The SMILES string of the molecule is COc1c(Br)cccc1CCN=C(N)N1CCCCC1. The number of rotatable bonds is 4. The molecule has 0 bridgehead atoms. The van der Waals surface area contributed by atoms with Crippen LogP contribution in [-0.2, 0) is 6.42 Å². The number of likely N-dealkylation sites (tertiary alicyclic amines) is 1. The minimum absolute atomic E-state index is 0.679. The van der Waals surface area contributed by atoms with Crippen LogP contribution in [-0.4, -0.2) is 37.6 Å². The lowest BCUT2D eigenvalue weighted by Gasteiger charge is -2.27. The summed E-state index contributed by atoms with van der Waals surface area (Å²) >= 11 is 3.50. The van der Waals surface area contributed by atoms with E-state index in [0.717, 1.165) is 35.3 Å². The average molecular weight is 340 g/mol. The molecule has 0 amide bonds. The van der Waals surface area contributed by atoms with Crippen molar-refractivity contribution >= 4 is 21.9 Å². The van der Waals surface area contributed by atoms with E-state index in [-0.39, 0.29) is 0 Å². The Bertz CT molecular complexity index is 470. The maximum atomic E-state index is 6.05. The fraction of sp³-hybridized carbons (Fsp3) is 0.533. The van der Waals surface area contributed by atoms with Crippen molar-refractivity contribution in [3.8, 4) is 5.75 Å². The third-order valence-corrected chi connectivity index (χ3v) is 4.21. The van der Waals surface area contributed by atoms with Crippen molar-refractivity contribution in [1.82, 2.24) is 4.90 Å². The molecule has 0 radical (unpaired) electrons. The van der Waals surface area contributed by atoms with E-state index in [4.69, 9.17) is 10.5 Å². The summed E-state index contributed by atoms with van der Waals surface area (Å²) in [4.78, 5) is 6.68. The highest BCUT2D eigenvalue weighted by Gasteiger charge is 2.12. The molecule has 1 aliphatic heterocycles. The van der Waals surface area contributed by atoms with Gasteiger partial charge in [-0.3, -0.25) is 4.99 Å². The number of benzene rings is 1. The zero-order valence-electron chi connectivity index (χ0n) is 11.9. The Balaban J connectivity index is 1.93. The summed E-state index contributed by atoms with van der Waals surface area (Å²) in [5.41, 5.74) is 7.20. The minimum Gasteiger partial charge on any atom is -0.495 e. The fourth-order valence-corrected chi connectivity index (χ4v) is 3.06. The van der Waals surface area contributed by atoms with E-state index in [1.807, 2.05) is 12.1 Å². The Morgan fingerprint density at radius 2 is 2.10 bits per heavy atom. The summed E-state index contributed by atoms with van der Waals surface area (Å²) in [7, 11) is 1.69. The van der Waals surface area contributed by atoms with Crippen LogP contribution >= 0.6 is 15.9 Å². The maximum Gasteiger partial charge on any atom is 0.191 e. The van der Waals surface area contributed by atoms with Gasteiger partial charge in [-0.15, -0.1) is 0 Å². The highest BCUT2D eigenvalue weighted by Crippen LogP contribution is 2.28. The van der Waals surface area contributed by atoms with Crippen molar-refractivity contribution < 1.29 is 4.74 Å². The van der Waals surface area contributed by atoms with E-state index < -0.39 is 0 Å². The minimum atomic E-state index is 0.679. The molecule has 0 spiro atoms. The molecule has 4 nitrogen and oxygen atoms in total. The lowest BCUT2D eigenvalue weighted by molar-refractivity contribution is 0.338. The molecule has 1 aromatic carbocycles. The predicted octanol–water partition coefficient (Wildman–Crippen LogP) is 2.80. The van der Waals surface area contributed by atoms with Crippen molar-refractivity contribution in [3.05, 3.63) is 28.2 Å². The second-order valence-electron chi connectivity index (χ2n) is 4.97. The Labute approximate surface area is 129 Å². The largest absolute Gasteiger partial charge is 0.495 e. The van der Waals surface area contributed by atoms with Gasteiger partial charge in [0.25, 0.3) is 0 Å². The van der Waals surface area contributed by atoms with Crippen LogP contribution in [0.5, 0.6) is 5.75 Å². The van der Waals surface area contributed by atoms with Gasteiger partial charge in [-0.25, -0.2) is 0 Å². The number of hydrogen-bond acceptors (Lipinski definition) is 2. The molecule has 0 atom stereocenters. The Kier molecular flexibility index (Phi) is 5.71. The van der Waals surface area contributed by atoms with Gasteiger partial charge in [0.15, 0.2) is 5.96 Å². The van der Waals surface area contributed by atoms with Gasteiger partial charge in [-0.1, -0.05) is 12.1 Å².